The van der Waals surface area contributed by atoms with Crippen LogP contribution in [-0.2, 0) is 9.59 Å². The molecule has 0 radical (unpaired) electrons. The minimum absolute atomic E-state index is 0.0728. The predicted molar refractivity (Wildman–Crippen MR) is 129 cm³/mol. The van der Waals surface area contributed by atoms with Gasteiger partial charge < -0.3 is 14.6 Å². The van der Waals surface area contributed by atoms with Crippen LogP contribution < -0.4 is 14.4 Å². The van der Waals surface area contributed by atoms with Crippen molar-refractivity contribution < 1.29 is 24.2 Å². The minimum Gasteiger partial charge on any atom is -0.507 e. The lowest BCUT2D eigenvalue weighted by molar-refractivity contribution is -0.132. The maximum Gasteiger partial charge on any atom is 0.300 e. The van der Waals surface area contributed by atoms with Gasteiger partial charge in [0.05, 0.1) is 19.3 Å². The number of methoxy groups -OCH3 is 1. The molecule has 2 aromatic carbocycles. The second-order valence-electron chi connectivity index (χ2n) is 7.71. The summed E-state index contributed by atoms with van der Waals surface area (Å²) >= 11 is 1.45. The number of hydrogen-bond acceptors (Lipinski definition) is 6. The molecule has 0 aliphatic carbocycles. The van der Waals surface area contributed by atoms with Crippen LogP contribution in [0.5, 0.6) is 11.5 Å². The van der Waals surface area contributed by atoms with E-state index >= 15 is 0 Å². The van der Waals surface area contributed by atoms with Crippen molar-refractivity contribution in [1.29, 1.82) is 0 Å². The molecule has 6 nitrogen and oxygen atoms in total. The van der Waals surface area contributed by atoms with Gasteiger partial charge in [-0.3, -0.25) is 14.5 Å². The highest BCUT2D eigenvalue weighted by Crippen LogP contribution is 2.45. The first kappa shape index (κ1) is 22.6. The largest absolute Gasteiger partial charge is 0.507 e. The van der Waals surface area contributed by atoms with Gasteiger partial charge in [0.2, 0.25) is 0 Å². The Morgan fingerprint density at radius 2 is 1.70 bits per heavy atom. The third kappa shape index (κ3) is 4.24. The van der Waals surface area contributed by atoms with Crippen molar-refractivity contribution >= 4 is 34.5 Å². The van der Waals surface area contributed by atoms with Gasteiger partial charge in [-0.2, -0.15) is 0 Å². The highest BCUT2D eigenvalue weighted by Gasteiger charge is 2.47. The van der Waals surface area contributed by atoms with E-state index in [1.165, 1.54) is 16.2 Å². The maximum atomic E-state index is 13.2. The van der Waals surface area contributed by atoms with Gasteiger partial charge in [0.1, 0.15) is 23.3 Å². The number of rotatable bonds is 7. The Hall–Kier alpha value is -3.58. The Bertz CT molecular complexity index is 1190. The summed E-state index contributed by atoms with van der Waals surface area (Å²) in [4.78, 5) is 28.7. The molecular formula is C26H25NO5S. The highest BCUT2D eigenvalue weighted by molar-refractivity contribution is 7.10. The molecule has 4 rings (SSSR count). The first-order chi connectivity index (χ1) is 16.0. The van der Waals surface area contributed by atoms with Crippen LogP contribution in [0.3, 0.4) is 0 Å². The second kappa shape index (κ2) is 9.50. The molecule has 2 heterocycles. The lowest BCUT2D eigenvalue weighted by atomic mass is 9.98. The van der Waals surface area contributed by atoms with Crippen molar-refractivity contribution in [3.05, 3.63) is 81.6 Å². The smallest absolute Gasteiger partial charge is 0.300 e. The Morgan fingerprint density at radius 1 is 1.03 bits per heavy atom. The number of benzene rings is 2. The Morgan fingerprint density at radius 3 is 2.27 bits per heavy atom. The highest BCUT2D eigenvalue weighted by atomic mass is 32.1. The average Bonchev–Trinajstić information content (AvgIpc) is 3.37. The number of nitrogens with zero attached hydrogens (tertiary/aromatic N) is 1. The number of aliphatic hydroxyl groups is 1. The number of carbonyl (C=O) groups is 2. The topological polar surface area (TPSA) is 76.1 Å². The number of amides is 1. The van der Waals surface area contributed by atoms with E-state index in [2.05, 4.69) is 0 Å². The van der Waals surface area contributed by atoms with E-state index in [9.17, 15) is 14.7 Å². The normalized spacial score (nSPS) is 17.4. The molecule has 3 aromatic rings. The van der Waals surface area contributed by atoms with Crippen LogP contribution in [0.4, 0.5) is 5.69 Å². The zero-order valence-electron chi connectivity index (χ0n) is 18.7. The summed E-state index contributed by atoms with van der Waals surface area (Å²) in [5.74, 6) is -0.277. The molecule has 170 valence electrons. The monoisotopic (exact) mass is 463 g/mol. The summed E-state index contributed by atoms with van der Waals surface area (Å²) in [6.45, 7) is 4.55. The number of hydrogen-bond donors (Lipinski definition) is 1. The van der Waals surface area contributed by atoms with Gasteiger partial charge in [-0.25, -0.2) is 0 Å². The first-order valence-corrected chi connectivity index (χ1v) is 11.6. The summed E-state index contributed by atoms with van der Waals surface area (Å²) < 4.78 is 10.8. The van der Waals surface area contributed by atoms with E-state index < -0.39 is 17.7 Å². The molecule has 1 atom stereocenters. The number of aryl methyl sites for hydroxylation is 1. The standard InChI is InChI=1S/C26H25NO5S/c1-4-14-32-20-9-5-17(6-10-20)23(28)21-22(25-16(2)13-15-33-25)27(26(30)24(21)29)18-7-11-19(31-3)12-8-18/h5-13,15,22,28H,4,14H2,1-3H3/b23-21-. The average molecular weight is 464 g/mol. The van der Waals surface area contributed by atoms with Crippen LogP contribution in [0.1, 0.15) is 35.4 Å². The third-order valence-electron chi connectivity index (χ3n) is 5.55. The van der Waals surface area contributed by atoms with Gasteiger partial charge in [-0.05, 0) is 78.9 Å². The van der Waals surface area contributed by atoms with Gasteiger partial charge in [-0.15, -0.1) is 11.3 Å². The minimum atomic E-state index is -0.727. The number of ether oxygens (including phenoxy) is 2. The lowest BCUT2D eigenvalue weighted by Gasteiger charge is -2.25. The number of aliphatic hydroxyl groups excluding tert-OH is 1. The van der Waals surface area contributed by atoms with Crippen molar-refractivity contribution in [2.24, 2.45) is 0 Å². The molecular weight excluding hydrogens is 438 g/mol. The van der Waals surface area contributed by atoms with Crippen molar-refractivity contribution in [2.45, 2.75) is 26.3 Å². The molecule has 1 fully saturated rings. The molecule has 0 saturated carbocycles. The number of carbonyl (C=O) groups excluding carboxylic acids is 2. The molecule has 1 N–H and O–H groups in total. The summed E-state index contributed by atoms with van der Waals surface area (Å²) in [7, 11) is 1.56. The van der Waals surface area contributed by atoms with Crippen molar-refractivity contribution in [1.82, 2.24) is 0 Å². The Kier molecular flexibility index (Phi) is 6.51. The summed E-state index contributed by atoms with van der Waals surface area (Å²) in [6.07, 6.45) is 0.886. The lowest BCUT2D eigenvalue weighted by Crippen LogP contribution is -2.29. The predicted octanol–water partition coefficient (Wildman–Crippen LogP) is 5.48. The SMILES string of the molecule is CCCOc1ccc(/C(O)=C2/C(=O)C(=O)N(c3ccc(OC)cc3)C2c2sccc2C)cc1. The molecule has 0 spiro atoms. The molecule has 1 aromatic heterocycles. The second-order valence-corrected chi connectivity index (χ2v) is 8.66. The Balaban J connectivity index is 1.82. The van der Waals surface area contributed by atoms with E-state index in [4.69, 9.17) is 9.47 Å². The van der Waals surface area contributed by atoms with E-state index in [1.807, 2.05) is 25.3 Å². The molecule has 33 heavy (non-hydrogen) atoms. The zero-order chi connectivity index (χ0) is 23.5. The third-order valence-corrected chi connectivity index (χ3v) is 6.62. The molecule has 0 bridgehead atoms. The fraction of sp³-hybridized carbons (Fsp3) is 0.231. The zero-order valence-corrected chi connectivity index (χ0v) is 19.5. The van der Waals surface area contributed by atoms with Gasteiger partial charge in [0.25, 0.3) is 11.7 Å². The molecule has 1 unspecified atom stereocenters. The van der Waals surface area contributed by atoms with Crippen LogP contribution in [0, 0.1) is 6.92 Å². The van der Waals surface area contributed by atoms with E-state index in [0.29, 0.717) is 29.4 Å². The fourth-order valence-corrected chi connectivity index (χ4v) is 4.86. The molecule has 7 heteroatoms. The number of Topliss-reactive ketones (excluding diaryl/α,β-unsaturated/α-hetero) is 1. The van der Waals surface area contributed by atoms with Gasteiger partial charge in [0, 0.05) is 16.1 Å². The quantitative estimate of drug-likeness (QED) is 0.285. The summed E-state index contributed by atoms with van der Waals surface area (Å²) in [6, 6.07) is 15.0. The summed E-state index contributed by atoms with van der Waals surface area (Å²) in [5, 5.41) is 13.1. The van der Waals surface area contributed by atoms with Gasteiger partial charge in [-0.1, -0.05) is 6.92 Å². The van der Waals surface area contributed by atoms with Crippen molar-refractivity contribution in [3.8, 4) is 11.5 Å². The Labute approximate surface area is 196 Å². The van der Waals surface area contributed by atoms with Crippen molar-refractivity contribution in [3.63, 3.8) is 0 Å². The van der Waals surface area contributed by atoms with Gasteiger partial charge in [0.15, 0.2) is 0 Å². The number of anilines is 1. The van der Waals surface area contributed by atoms with Crippen LogP contribution in [0.25, 0.3) is 5.76 Å². The van der Waals surface area contributed by atoms with Crippen LogP contribution in [0.2, 0.25) is 0 Å². The van der Waals surface area contributed by atoms with E-state index in [0.717, 1.165) is 16.9 Å². The maximum absolute atomic E-state index is 13.2. The first-order valence-electron chi connectivity index (χ1n) is 10.7. The van der Waals surface area contributed by atoms with Crippen LogP contribution in [-0.4, -0.2) is 30.5 Å². The molecule has 1 saturated heterocycles. The van der Waals surface area contributed by atoms with Crippen molar-refractivity contribution in [2.75, 3.05) is 18.6 Å². The number of thiophene rings is 1. The van der Waals surface area contributed by atoms with Crippen LogP contribution in [0.15, 0.2) is 65.6 Å². The van der Waals surface area contributed by atoms with E-state index in [1.54, 1.807) is 55.6 Å². The fourth-order valence-electron chi connectivity index (χ4n) is 3.84. The van der Waals surface area contributed by atoms with Gasteiger partial charge >= 0.3 is 0 Å². The molecule has 1 aliphatic heterocycles. The number of ketones is 1. The summed E-state index contributed by atoms with van der Waals surface area (Å²) in [5.41, 5.74) is 2.02. The molecule has 1 amide bonds. The molecule has 1 aliphatic rings. The van der Waals surface area contributed by atoms with Crippen LogP contribution >= 0.6 is 11.3 Å². The van der Waals surface area contributed by atoms with E-state index in [-0.39, 0.29) is 11.3 Å².